The lowest BCUT2D eigenvalue weighted by Crippen LogP contribution is -2.71. The van der Waals surface area contributed by atoms with Crippen LogP contribution in [0.4, 0.5) is 0 Å². The molecule has 0 bridgehead atoms. The molecule has 8 atom stereocenters. The number of nitrogens with two attached hydrogens (primary N) is 1. The molecular weight excluding hydrogens is 496 g/mol. The summed E-state index contributed by atoms with van der Waals surface area (Å²) in [6.07, 6.45) is 6.35. The second kappa shape index (κ2) is 12.2. The van der Waals surface area contributed by atoms with Gasteiger partial charge in [0.15, 0.2) is 0 Å². The monoisotopic (exact) mass is 546 g/mol. The van der Waals surface area contributed by atoms with E-state index in [4.69, 9.17) is 15.2 Å². The number of nitrogens with zero attached hydrogens (tertiary/aromatic N) is 1. The first-order chi connectivity index (χ1) is 19.6. The molecule has 40 heavy (non-hydrogen) atoms. The molecule has 4 saturated heterocycles. The number of benzene rings is 2. The third kappa shape index (κ3) is 5.28. The Hall–Kier alpha value is -1.80. The lowest BCUT2D eigenvalue weighted by atomic mass is 9.65. The molecule has 6 rings (SSSR count). The average Bonchev–Trinajstić information content (AvgIpc) is 2.98. The molecule has 4 N–H and O–H groups in total. The van der Waals surface area contributed by atoms with E-state index < -0.39 is 0 Å². The first kappa shape index (κ1) is 28.3. The van der Waals surface area contributed by atoms with E-state index in [0.29, 0.717) is 29.7 Å². The lowest BCUT2D eigenvalue weighted by Gasteiger charge is -2.59. The highest BCUT2D eigenvalue weighted by Crippen LogP contribution is 2.48. The molecule has 4 aliphatic rings. The Morgan fingerprint density at radius 1 is 0.850 bits per heavy atom. The maximum Gasteiger partial charge on any atom is 0.0788 e. The summed E-state index contributed by atoms with van der Waals surface area (Å²) < 4.78 is 13.1. The maximum absolute atomic E-state index is 6.88. The molecule has 2 aromatic rings. The number of hydrazine groups is 1. The summed E-state index contributed by atoms with van der Waals surface area (Å²) in [5, 5.41) is 6.22. The third-order valence-electron chi connectivity index (χ3n) is 11.0. The fraction of sp³-hybridized carbons (Fsp3) is 0.647. The van der Waals surface area contributed by atoms with Crippen LogP contribution >= 0.6 is 0 Å². The molecule has 6 heteroatoms. The predicted octanol–water partition coefficient (Wildman–Crippen LogP) is 4.19. The van der Waals surface area contributed by atoms with Crippen molar-refractivity contribution in [2.24, 2.45) is 29.4 Å². The van der Waals surface area contributed by atoms with E-state index in [1.807, 2.05) is 0 Å². The largest absolute Gasteiger partial charge is 0.374 e. The van der Waals surface area contributed by atoms with E-state index in [2.05, 4.69) is 90.3 Å². The Bertz CT molecular complexity index is 1080. The van der Waals surface area contributed by atoms with Gasteiger partial charge in [-0.3, -0.25) is 5.43 Å². The van der Waals surface area contributed by atoms with Crippen molar-refractivity contribution < 1.29 is 9.47 Å². The van der Waals surface area contributed by atoms with Crippen LogP contribution in [0.3, 0.4) is 0 Å². The Kier molecular flexibility index (Phi) is 8.64. The van der Waals surface area contributed by atoms with Crippen molar-refractivity contribution >= 4 is 0 Å². The van der Waals surface area contributed by atoms with Crippen molar-refractivity contribution in [1.82, 2.24) is 15.8 Å². The Balaban J connectivity index is 1.15. The smallest absolute Gasteiger partial charge is 0.0788 e. The quantitative estimate of drug-likeness (QED) is 0.415. The summed E-state index contributed by atoms with van der Waals surface area (Å²) in [5.74, 6) is 1.84. The van der Waals surface area contributed by atoms with Gasteiger partial charge in [-0.1, -0.05) is 74.5 Å². The van der Waals surface area contributed by atoms with Crippen molar-refractivity contribution in [1.29, 1.82) is 0 Å². The van der Waals surface area contributed by atoms with Gasteiger partial charge >= 0.3 is 0 Å². The van der Waals surface area contributed by atoms with Gasteiger partial charge in [0.2, 0.25) is 0 Å². The van der Waals surface area contributed by atoms with Crippen LogP contribution in [0.2, 0.25) is 0 Å². The van der Waals surface area contributed by atoms with Gasteiger partial charge in [-0.15, -0.1) is 0 Å². The molecule has 0 aromatic heterocycles. The van der Waals surface area contributed by atoms with Gasteiger partial charge < -0.3 is 20.5 Å². The highest BCUT2D eigenvalue weighted by Gasteiger charge is 2.57. The first-order valence-corrected chi connectivity index (χ1v) is 15.9. The lowest BCUT2D eigenvalue weighted by molar-refractivity contribution is -0.252. The van der Waals surface area contributed by atoms with Crippen molar-refractivity contribution in [3.05, 3.63) is 71.8 Å². The summed E-state index contributed by atoms with van der Waals surface area (Å²) in [6, 6.07) is 22.4. The third-order valence-corrected chi connectivity index (χ3v) is 11.0. The fourth-order valence-electron chi connectivity index (χ4n) is 8.58. The number of hydrogen-bond acceptors (Lipinski definition) is 6. The number of nitrogens with one attached hydrogen (secondary N) is 2. The Labute approximate surface area is 241 Å². The minimum atomic E-state index is -0.133. The minimum absolute atomic E-state index is 0.0744. The number of ether oxygens (including phenoxy) is 2. The van der Waals surface area contributed by atoms with Gasteiger partial charge in [-0.2, -0.15) is 0 Å². The van der Waals surface area contributed by atoms with E-state index in [0.717, 1.165) is 77.9 Å². The van der Waals surface area contributed by atoms with Crippen LogP contribution in [0.5, 0.6) is 0 Å². The van der Waals surface area contributed by atoms with E-state index in [1.54, 1.807) is 0 Å². The number of piperidine rings is 2. The number of hydrogen-bond donors (Lipinski definition) is 3. The summed E-state index contributed by atoms with van der Waals surface area (Å²) in [6.45, 7) is 10.3. The molecular formula is C34H50N4O2. The van der Waals surface area contributed by atoms with E-state index in [1.165, 1.54) is 11.1 Å². The van der Waals surface area contributed by atoms with Crippen LogP contribution in [0.1, 0.15) is 50.7 Å². The molecule has 8 unspecified atom stereocenters. The second-order valence-electron chi connectivity index (χ2n) is 12.9. The summed E-state index contributed by atoms with van der Waals surface area (Å²) in [7, 11) is 0. The van der Waals surface area contributed by atoms with Crippen LogP contribution < -0.4 is 16.5 Å². The van der Waals surface area contributed by atoms with Crippen molar-refractivity contribution in [2.75, 3.05) is 39.4 Å². The molecule has 218 valence electrons. The van der Waals surface area contributed by atoms with Gasteiger partial charge in [-0.05, 0) is 56.2 Å². The topological polar surface area (TPSA) is 71.8 Å². The molecule has 4 heterocycles. The minimum Gasteiger partial charge on any atom is -0.374 e. The van der Waals surface area contributed by atoms with E-state index in [-0.39, 0.29) is 17.2 Å². The van der Waals surface area contributed by atoms with E-state index in [9.17, 15) is 0 Å². The highest BCUT2D eigenvalue weighted by molar-refractivity contribution is 5.20. The Morgan fingerprint density at radius 2 is 1.43 bits per heavy atom. The maximum atomic E-state index is 6.88. The van der Waals surface area contributed by atoms with Gasteiger partial charge in [0, 0.05) is 55.4 Å². The summed E-state index contributed by atoms with van der Waals surface area (Å²) in [5.41, 5.74) is 13.6. The van der Waals surface area contributed by atoms with Crippen LogP contribution in [0.25, 0.3) is 0 Å². The van der Waals surface area contributed by atoms with Crippen LogP contribution in [0, 0.1) is 23.7 Å². The van der Waals surface area contributed by atoms with Crippen molar-refractivity contribution in [2.45, 2.75) is 75.7 Å². The molecule has 0 spiro atoms. The fourth-order valence-corrected chi connectivity index (χ4v) is 8.58. The molecule has 6 nitrogen and oxygen atoms in total. The van der Waals surface area contributed by atoms with Gasteiger partial charge in [0.05, 0.1) is 24.4 Å². The molecule has 4 aliphatic heterocycles. The Morgan fingerprint density at radius 3 is 1.95 bits per heavy atom. The summed E-state index contributed by atoms with van der Waals surface area (Å²) >= 11 is 0. The first-order valence-electron chi connectivity index (χ1n) is 15.9. The number of rotatable bonds is 10. The zero-order valence-electron chi connectivity index (χ0n) is 24.6. The summed E-state index contributed by atoms with van der Waals surface area (Å²) in [4.78, 5) is 0. The van der Waals surface area contributed by atoms with Gasteiger partial charge in [-0.25, -0.2) is 5.01 Å². The van der Waals surface area contributed by atoms with E-state index >= 15 is 0 Å². The second-order valence-corrected chi connectivity index (χ2v) is 12.9. The normalized spacial score (nSPS) is 38.4. The molecule has 0 aliphatic carbocycles. The zero-order valence-corrected chi connectivity index (χ0v) is 24.6. The molecule has 0 saturated carbocycles. The molecule has 0 amide bonds. The van der Waals surface area contributed by atoms with Crippen molar-refractivity contribution in [3.63, 3.8) is 0 Å². The van der Waals surface area contributed by atoms with Crippen LogP contribution in [-0.4, -0.2) is 67.7 Å². The van der Waals surface area contributed by atoms with Gasteiger partial charge in [0.25, 0.3) is 0 Å². The highest BCUT2D eigenvalue weighted by atomic mass is 16.5. The molecule has 0 radical (unpaired) electrons. The van der Waals surface area contributed by atoms with Crippen molar-refractivity contribution in [3.8, 4) is 0 Å². The molecule has 2 aromatic carbocycles. The molecule has 4 fully saturated rings. The zero-order chi connectivity index (χ0) is 27.6. The standard InChI is InChI=1S/C34H50N4O2/c1-3-33(27(23-39-33)19-25-11-7-5-8-12-25)29-21-36-17-15-32(29)37-38-18-16-31(35)30(22-38)34(4-2)28(24-40-34)20-26-13-9-6-10-14-26/h5-14,27-32,36-37H,3-4,15-24,35H2,1-2H3. The van der Waals surface area contributed by atoms with Crippen LogP contribution in [-0.2, 0) is 22.3 Å². The van der Waals surface area contributed by atoms with Crippen LogP contribution in [0.15, 0.2) is 60.7 Å². The van der Waals surface area contributed by atoms with Gasteiger partial charge in [0.1, 0.15) is 0 Å². The SMILES string of the molecule is CCC1(C2CN(NC3CCNCC3C3(CC)OCC3Cc3ccccc3)CCC2N)OCC1Cc1ccccc1. The predicted molar refractivity (Wildman–Crippen MR) is 161 cm³/mol. The average molecular weight is 547 g/mol.